The number of rotatable bonds is 5. The third-order valence-electron chi connectivity index (χ3n) is 2.78. The molecule has 1 heterocycles. The molecule has 1 aromatic heterocycles. The fourth-order valence-corrected chi connectivity index (χ4v) is 1.79. The molecular formula is C15H16N4O2. The molecule has 2 rings (SSSR count). The second-order valence-corrected chi connectivity index (χ2v) is 4.33. The minimum atomic E-state index is -0.196. The molecule has 1 amide bonds. The molecule has 0 aliphatic carbocycles. The SMILES string of the molecule is O=C(NCCCc1ncn[nH]1)c1cccc(C#CCO)c1. The lowest BCUT2D eigenvalue weighted by Crippen LogP contribution is -2.24. The van der Waals surface area contributed by atoms with E-state index in [0.717, 1.165) is 18.7 Å². The van der Waals surface area contributed by atoms with Crippen LogP contribution in [0.5, 0.6) is 0 Å². The molecule has 0 atom stereocenters. The largest absolute Gasteiger partial charge is 0.384 e. The molecule has 0 aliphatic rings. The number of carbonyl (C=O) groups excluding carboxylic acids is 1. The molecule has 0 fully saturated rings. The Labute approximate surface area is 122 Å². The summed E-state index contributed by atoms with van der Waals surface area (Å²) in [4.78, 5) is 16.0. The molecule has 0 unspecified atom stereocenters. The van der Waals surface area contributed by atoms with Crippen LogP contribution in [0.3, 0.4) is 0 Å². The Bertz CT molecular complexity index is 641. The van der Waals surface area contributed by atoms with Gasteiger partial charge in [-0.25, -0.2) is 4.98 Å². The van der Waals surface area contributed by atoms with Gasteiger partial charge in [0.25, 0.3) is 5.91 Å². The minimum absolute atomic E-state index is 0.139. The minimum Gasteiger partial charge on any atom is -0.384 e. The number of carbonyl (C=O) groups is 1. The third-order valence-corrected chi connectivity index (χ3v) is 2.78. The van der Waals surface area contributed by atoms with E-state index in [0.29, 0.717) is 17.7 Å². The number of aryl methyl sites for hydroxylation is 1. The number of benzene rings is 1. The van der Waals surface area contributed by atoms with Gasteiger partial charge in [0.2, 0.25) is 0 Å². The Morgan fingerprint density at radius 3 is 3.10 bits per heavy atom. The van der Waals surface area contributed by atoms with Crippen molar-refractivity contribution < 1.29 is 9.90 Å². The molecule has 3 N–H and O–H groups in total. The van der Waals surface area contributed by atoms with Gasteiger partial charge in [-0.15, -0.1) is 0 Å². The Kier molecular flexibility index (Phi) is 5.50. The zero-order valence-corrected chi connectivity index (χ0v) is 11.5. The van der Waals surface area contributed by atoms with Crippen LogP contribution < -0.4 is 5.32 Å². The van der Waals surface area contributed by atoms with Gasteiger partial charge in [-0.05, 0) is 24.6 Å². The molecule has 21 heavy (non-hydrogen) atoms. The van der Waals surface area contributed by atoms with Crippen LogP contribution in [0.2, 0.25) is 0 Å². The quantitative estimate of drug-likeness (QED) is 0.551. The van der Waals surface area contributed by atoms with E-state index < -0.39 is 0 Å². The zero-order valence-electron chi connectivity index (χ0n) is 11.5. The number of aliphatic hydroxyl groups excluding tert-OH is 1. The maximum Gasteiger partial charge on any atom is 0.251 e. The van der Waals surface area contributed by atoms with Gasteiger partial charge in [0, 0.05) is 24.1 Å². The molecule has 1 aromatic carbocycles. The van der Waals surface area contributed by atoms with Crippen molar-refractivity contribution in [3.8, 4) is 11.8 Å². The highest BCUT2D eigenvalue weighted by Crippen LogP contribution is 2.04. The average Bonchev–Trinajstić information content (AvgIpc) is 3.03. The van der Waals surface area contributed by atoms with E-state index in [9.17, 15) is 4.79 Å². The lowest BCUT2D eigenvalue weighted by atomic mass is 10.1. The summed E-state index contributed by atoms with van der Waals surface area (Å²) in [5, 5.41) is 18.0. The first-order valence-electron chi connectivity index (χ1n) is 6.62. The molecule has 0 radical (unpaired) electrons. The van der Waals surface area contributed by atoms with Crippen LogP contribution in [0, 0.1) is 11.8 Å². The van der Waals surface area contributed by atoms with Crippen molar-refractivity contribution in [2.24, 2.45) is 0 Å². The predicted molar refractivity (Wildman–Crippen MR) is 77.4 cm³/mol. The predicted octanol–water partition coefficient (Wildman–Crippen LogP) is 0.511. The first-order chi connectivity index (χ1) is 10.3. The van der Waals surface area contributed by atoms with E-state index in [4.69, 9.17) is 5.11 Å². The van der Waals surface area contributed by atoms with Crippen molar-refractivity contribution in [2.45, 2.75) is 12.8 Å². The van der Waals surface area contributed by atoms with Crippen molar-refractivity contribution in [3.05, 3.63) is 47.5 Å². The highest BCUT2D eigenvalue weighted by Gasteiger charge is 2.05. The topological polar surface area (TPSA) is 90.9 Å². The maximum absolute atomic E-state index is 12.0. The number of hydrogen-bond donors (Lipinski definition) is 3. The van der Waals surface area contributed by atoms with Gasteiger partial charge < -0.3 is 10.4 Å². The van der Waals surface area contributed by atoms with E-state index in [2.05, 4.69) is 32.3 Å². The summed E-state index contributed by atoms with van der Waals surface area (Å²) in [5.41, 5.74) is 1.26. The van der Waals surface area contributed by atoms with E-state index in [1.54, 1.807) is 24.3 Å². The Morgan fingerprint density at radius 1 is 1.43 bits per heavy atom. The van der Waals surface area contributed by atoms with Crippen LogP contribution in [0.25, 0.3) is 0 Å². The van der Waals surface area contributed by atoms with E-state index >= 15 is 0 Å². The lowest BCUT2D eigenvalue weighted by molar-refractivity contribution is 0.0953. The van der Waals surface area contributed by atoms with Crippen molar-refractivity contribution in [1.82, 2.24) is 20.5 Å². The number of nitrogens with zero attached hydrogens (tertiary/aromatic N) is 2. The van der Waals surface area contributed by atoms with Crippen LogP contribution in [0.1, 0.15) is 28.2 Å². The summed E-state index contributed by atoms with van der Waals surface area (Å²) in [6, 6.07) is 7.00. The van der Waals surface area contributed by atoms with Gasteiger partial charge >= 0.3 is 0 Å². The Balaban J connectivity index is 1.82. The molecule has 6 nitrogen and oxygen atoms in total. The summed E-state index contributed by atoms with van der Waals surface area (Å²) in [6.45, 7) is 0.365. The molecule has 108 valence electrons. The molecule has 0 saturated carbocycles. The maximum atomic E-state index is 12.0. The van der Waals surface area contributed by atoms with Gasteiger partial charge in [0.05, 0.1) is 0 Å². The van der Waals surface area contributed by atoms with Crippen molar-refractivity contribution in [2.75, 3.05) is 13.2 Å². The fourth-order valence-electron chi connectivity index (χ4n) is 1.79. The molecule has 2 aromatic rings. The molecule has 0 aliphatic heterocycles. The highest BCUT2D eigenvalue weighted by atomic mass is 16.2. The van der Waals surface area contributed by atoms with Gasteiger partial charge in [-0.3, -0.25) is 9.89 Å². The zero-order chi connectivity index (χ0) is 14.9. The number of aliphatic hydroxyl groups is 1. The fraction of sp³-hybridized carbons (Fsp3) is 0.267. The number of aromatic nitrogens is 3. The monoisotopic (exact) mass is 284 g/mol. The summed E-state index contributed by atoms with van der Waals surface area (Å²) in [6.07, 6.45) is 2.99. The van der Waals surface area contributed by atoms with Crippen LogP contribution in [0.4, 0.5) is 0 Å². The summed E-state index contributed by atoms with van der Waals surface area (Å²) >= 11 is 0. The van der Waals surface area contributed by atoms with E-state index in [1.807, 2.05) is 0 Å². The second kappa shape index (κ2) is 7.82. The Hall–Kier alpha value is -2.65. The number of H-pyrrole nitrogens is 1. The van der Waals surface area contributed by atoms with Gasteiger partial charge in [0.15, 0.2) is 0 Å². The number of aromatic amines is 1. The molecule has 0 spiro atoms. The van der Waals surface area contributed by atoms with E-state index in [-0.39, 0.29) is 12.5 Å². The second-order valence-electron chi connectivity index (χ2n) is 4.33. The van der Waals surface area contributed by atoms with E-state index in [1.165, 1.54) is 6.33 Å². The van der Waals surface area contributed by atoms with Crippen LogP contribution >= 0.6 is 0 Å². The molecule has 6 heteroatoms. The van der Waals surface area contributed by atoms with Gasteiger partial charge in [-0.1, -0.05) is 17.9 Å². The number of nitrogens with one attached hydrogen (secondary N) is 2. The smallest absolute Gasteiger partial charge is 0.251 e. The third kappa shape index (κ3) is 4.75. The molecule has 0 saturated heterocycles. The highest BCUT2D eigenvalue weighted by molar-refractivity contribution is 5.94. The van der Waals surface area contributed by atoms with Crippen molar-refractivity contribution in [1.29, 1.82) is 0 Å². The molecule has 0 bridgehead atoms. The summed E-state index contributed by atoms with van der Waals surface area (Å²) in [7, 11) is 0. The van der Waals surface area contributed by atoms with Crippen molar-refractivity contribution in [3.63, 3.8) is 0 Å². The van der Waals surface area contributed by atoms with Crippen LogP contribution in [-0.4, -0.2) is 39.3 Å². The van der Waals surface area contributed by atoms with Crippen LogP contribution in [-0.2, 0) is 6.42 Å². The molecular weight excluding hydrogens is 268 g/mol. The van der Waals surface area contributed by atoms with Crippen LogP contribution in [0.15, 0.2) is 30.6 Å². The normalized spacial score (nSPS) is 9.76. The summed E-state index contributed by atoms with van der Waals surface area (Å²) in [5.74, 6) is 6.00. The Morgan fingerprint density at radius 2 is 2.33 bits per heavy atom. The number of hydrogen-bond acceptors (Lipinski definition) is 4. The summed E-state index contributed by atoms with van der Waals surface area (Å²) < 4.78 is 0. The number of amides is 1. The lowest BCUT2D eigenvalue weighted by Gasteiger charge is -2.04. The first kappa shape index (κ1) is 14.8. The first-order valence-corrected chi connectivity index (χ1v) is 6.62. The standard InChI is InChI=1S/C15H16N4O2/c20-9-3-5-12-4-1-6-13(10-12)15(21)16-8-2-7-14-17-11-18-19-14/h1,4,6,10-11,20H,2,7-9H2,(H,16,21)(H,17,18,19). The van der Waals surface area contributed by atoms with Gasteiger partial charge in [0.1, 0.15) is 18.8 Å². The average molecular weight is 284 g/mol. The van der Waals surface area contributed by atoms with Gasteiger partial charge in [-0.2, -0.15) is 5.10 Å². The van der Waals surface area contributed by atoms with Crippen molar-refractivity contribution >= 4 is 5.91 Å².